The van der Waals surface area contributed by atoms with Gasteiger partial charge in [-0.3, -0.25) is 0 Å². The van der Waals surface area contributed by atoms with E-state index in [2.05, 4.69) is 39.6 Å². The van der Waals surface area contributed by atoms with Crippen molar-refractivity contribution in [3.05, 3.63) is 58.9 Å². The van der Waals surface area contributed by atoms with Crippen LogP contribution in [0.5, 0.6) is 0 Å². The molecular formula is C22H27FN4O. The number of rotatable bonds is 3. The average molecular weight is 382 g/mol. The predicted molar refractivity (Wildman–Crippen MR) is 111 cm³/mol. The summed E-state index contributed by atoms with van der Waals surface area (Å²) in [6.07, 6.45) is 1.59. The number of nitrogens with zero attached hydrogens (tertiary/aromatic N) is 2. The molecule has 1 aliphatic carbocycles. The van der Waals surface area contributed by atoms with Gasteiger partial charge in [-0.05, 0) is 73.8 Å². The molecule has 28 heavy (non-hydrogen) atoms. The minimum absolute atomic E-state index is 0.0690. The highest BCUT2D eigenvalue weighted by Gasteiger charge is 2.24. The van der Waals surface area contributed by atoms with Crippen LogP contribution in [0.1, 0.15) is 29.2 Å². The number of fused-ring (bicyclic) bond motifs is 1. The average Bonchev–Trinajstić information content (AvgIpc) is 3.05. The van der Waals surface area contributed by atoms with E-state index >= 15 is 0 Å². The fraction of sp³-hybridized carbons (Fsp3) is 0.409. The van der Waals surface area contributed by atoms with E-state index in [0.29, 0.717) is 0 Å². The van der Waals surface area contributed by atoms with Crippen molar-refractivity contribution in [3.8, 4) is 0 Å². The zero-order valence-electron chi connectivity index (χ0n) is 16.5. The Morgan fingerprint density at radius 1 is 1.11 bits per heavy atom. The van der Waals surface area contributed by atoms with Gasteiger partial charge in [-0.2, -0.15) is 0 Å². The van der Waals surface area contributed by atoms with Crippen LogP contribution in [0.3, 0.4) is 0 Å². The standard InChI is InChI=1S/C22H27FN4O/c1-15-13-18(27-11-9-26(2)10-12-27)5-8-20(15)24-22(28)25-21-7-3-16-14-17(23)4-6-19(16)21/h4-6,8,13-14,21H,3,7,9-12H2,1-2H3,(H2,24,25,28)/t21-/m1/s1. The predicted octanol–water partition coefficient (Wildman–Crippen LogP) is 3.69. The second-order valence-corrected chi connectivity index (χ2v) is 7.82. The van der Waals surface area contributed by atoms with Gasteiger partial charge in [-0.15, -0.1) is 0 Å². The van der Waals surface area contributed by atoms with E-state index in [1.54, 1.807) is 12.1 Å². The number of carbonyl (C=O) groups is 1. The van der Waals surface area contributed by atoms with Gasteiger partial charge in [0.25, 0.3) is 0 Å². The number of benzene rings is 2. The maximum Gasteiger partial charge on any atom is 0.319 e. The lowest BCUT2D eigenvalue weighted by Crippen LogP contribution is -2.44. The summed E-state index contributed by atoms with van der Waals surface area (Å²) >= 11 is 0. The number of urea groups is 1. The Hall–Kier alpha value is -2.60. The molecule has 2 N–H and O–H groups in total. The first-order valence-corrected chi connectivity index (χ1v) is 9.89. The number of carbonyl (C=O) groups excluding carboxylic acids is 1. The van der Waals surface area contributed by atoms with Crippen molar-refractivity contribution in [3.63, 3.8) is 0 Å². The van der Waals surface area contributed by atoms with Gasteiger partial charge >= 0.3 is 6.03 Å². The Kier molecular flexibility index (Phi) is 5.22. The minimum atomic E-state index is -0.224. The van der Waals surface area contributed by atoms with Crippen molar-refractivity contribution in [2.45, 2.75) is 25.8 Å². The van der Waals surface area contributed by atoms with Crippen LogP contribution in [0.25, 0.3) is 0 Å². The fourth-order valence-electron chi connectivity index (χ4n) is 4.10. The highest BCUT2D eigenvalue weighted by Crippen LogP contribution is 2.31. The van der Waals surface area contributed by atoms with Crippen LogP contribution < -0.4 is 15.5 Å². The summed E-state index contributed by atoms with van der Waals surface area (Å²) in [6, 6.07) is 10.7. The maximum atomic E-state index is 13.4. The van der Waals surface area contributed by atoms with Crippen molar-refractivity contribution in [1.82, 2.24) is 10.2 Å². The number of amides is 2. The Morgan fingerprint density at radius 3 is 2.64 bits per heavy atom. The van der Waals surface area contributed by atoms with Crippen LogP contribution in [-0.2, 0) is 6.42 Å². The molecule has 0 unspecified atom stereocenters. The zero-order valence-corrected chi connectivity index (χ0v) is 16.5. The summed E-state index contributed by atoms with van der Waals surface area (Å²) in [5.41, 5.74) is 5.05. The van der Waals surface area contributed by atoms with Crippen molar-refractivity contribution < 1.29 is 9.18 Å². The zero-order chi connectivity index (χ0) is 19.7. The molecule has 6 heteroatoms. The van der Waals surface area contributed by atoms with Gasteiger partial charge in [-0.25, -0.2) is 9.18 Å². The summed E-state index contributed by atoms with van der Waals surface area (Å²) in [6.45, 7) is 6.18. The number of hydrogen-bond acceptors (Lipinski definition) is 3. The molecule has 0 aromatic heterocycles. The van der Waals surface area contributed by atoms with Crippen molar-refractivity contribution in [2.75, 3.05) is 43.4 Å². The van der Waals surface area contributed by atoms with E-state index in [9.17, 15) is 9.18 Å². The van der Waals surface area contributed by atoms with Crippen molar-refractivity contribution in [1.29, 1.82) is 0 Å². The maximum absolute atomic E-state index is 13.4. The van der Waals surface area contributed by atoms with Gasteiger partial charge in [0.2, 0.25) is 0 Å². The van der Waals surface area contributed by atoms with E-state index in [0.717, 1.165) is 61.4 Å². The molecule has 148 valence electrons. The summed E-state index contributed by atoms with van der Waals surface area (Å²) in [4.78, 5) is 17.2. The highest BCUT2D eigenvalue weighted by molar-refractivity contribution is 5.90. The normalized spacial score (nSPS) is 19.4. The van der Waals surface area contributed by atoms with Crippen LogP contribution in [0.4, 0.5) is 20.6 Å². The van der Waals surface area contributed by atoms with Crippen LogP contribution in [0.2, 0.25) is 0 Å². The van der Waals surface area contributed by atoms with Gasteiger partial charge in [-0.1, -0.05) is 6.07 Å². The molecule has 2 amide bonds. The molecule has 2 aromatic carbocycles. The largest absolute Gasteiger partial charge is 0.369 e. The van der Waals surface area contributed by atoms with Crippen molar-refractivity contribution >= 4 is 17.4 Å². The van der Waals surface area contributed by atoms with Gasteiger partial charge in [0.1, 0.15) is 5.82 Å². The third kappa shape index (κ3) is 3.97. The number of aryl methyl sites for hydroxylation is 2. The van der Waals surface area contributed by atoms with E-state index < -0.39 is 0 Å². The Morgan fingerprint density at radius 2 is 1.89 bits per heavy atom. The molecule has 4 rings (SSSR count). The van der Waals surface area contributed by atoms with E-state index in [1.165, 1.54) is 11.8 Å². The lowest BCUT2D eigenvalue weighted by molar-refractivity contribution is 0.248. The molecule has 1 heterocycles. The van der Waals surface area contributed by atoms with E-state index in [1.807, 2.05) is 13.0 Å². The van der Waals surface area contributed by atoms with Crippen LogP contribution in [0.15, 0.2) is 36.4 Å². The number of nitrogens with one attached hydrogen (secondary N) is 2. The topological polar surface area (TPSA) is 47.6 Å². The molecular weight excluding hydrogens is 355 g/mol. The molecule has 1 aliphatic heterocycles. The molecule has 0 bridgehead atoms. The highest BCUT2D eigenvalue weighted by atomic mass is 19.1. The number of halogens is 1. The third-order valence-electron chi connectivity index (χ3n) is 5.81. The Bertz CT molecular complexity index is 877. The van der Waals surface area contributed by atoms with Gasteiger partial charge < -0.3 is 20.4 Å². The summed E-state index contributed by atoms with van der Waals surface area (Å²) in [7, 11) is 2.15. The molecule has 0 saturated carbocycles. The summed E-state index contributed by atoms with van der Waals surface area (Å²) < 4.78 is 13.4. The molecule has 0 radical (unpaired) electrons. The molecule has 1 atom stereocenters. The first-order chi connectivity index (χ1) is 13.5. The van der Waals surface area contributed by atoms with Crippen LogP contribution >= 0.6 is 0 Å². The number of anilines is 2. The molecule has 1 fully saturated rings. The van der Waals surface area contributed by atoms with Gasteiger partial charge in [0.05, 0.1) is 6.04 Å². The summed E-state index contributed by atoms with van der Waals surface area (Å²) in [5.74, 6) is -0.222. The first-order valence-electron chi connectivity index (χ1n) is 9.89. The molecule has 0 spiro atoms. The lowest BCUT2D eigenvalue weighted by atomic mass is 10.1. The van der Waals surface area contributed by atoms with Crippen LogP contribution in [-0.4, -0.2) is 44.2 Å². The molecule has 2 aromatic rings. The SMILES string of the molecule is Cc1cc(N2CCN(C)CC2)ccc1NC(=O)N[C@@H]1CCc2cc(F)ccc21. The molecule has 2 aliphatic rings. The van der Waals surface area contributed by atoms with Gasteiger partial charge in [0.15, 0.2) is 0 Å². The first kappa shape index (κ1) is 18.7. The quantitative estimate of drug-likeness (QED) is 0.851. The van der Waals surface area contributed by atoms with E-state index in [-0.39, 0.29) is 17.9 Å². The molecule has 5 nitrogen and oxygen atoms in total. The monoisotopic (exact) mass is 382 g/mol. The number of likely N-dealkylation sites (N-methyl/N-ethyl adjacent to an activating group) is 1. The number of hydrogen-bond donors (Lipinski definition) is 2. The fourth-order valence-corrected chi connectivity index (χ4v) is 4.10. The third-order valence-corrected chi connectivity index (χ3v) is 5.81. The molecule has 1 saturated heterocycles. The lowest BCUT2D eigenvalue weighted by Gasteiger charge is -2.34. The Labute approximate surface area is 165 Å². The van der Waals surface area contributed by atoms with Crippen molar-refractivity contribution in [2.24, 2.45) is 0 Å². The second-order valence-electron chi connectivity index (χ2n) is 7.82. The van der Waals surface area contributed by atoms with Gasteiger partial charge in [0, 0.05) is 37.6 Å². The minimum Gasteiger partial charge on any atom is -0.369 e. The Balaban J connectivity index is 1.39. The second kappa shape index (κ2) is 7.80. The smallest absolute Gasteiger partial charge is 0.319 e. The van der Waals surface area contributed by atoms with Crippen LogP contribution in [0, 0.1) is 12.7 Å². The summed E-state index contributed by atoms with van der Waals surface area (Å²) in [5, 5.41) is 5.99. The van der Waals surface area contributed by atoms with E-state index in [4.69, 9.17) is 0 Å². The number of piperazine rings is 1.